The van der Waals surface area contributed by atoms with Crippen molar-refractivity contribution in [2.24, 2.45) is 0 Å². The summed E-state index contributed by atoms with van der Waals surface area (Å²) >= 11 is 5.85. The van der Waals surface area contributed by atoms with Crippen LogP contribution >= 0.6 is 11.6 Å². The van der Waals surface area contributed by atoms with Crippen LogP contribution in [0.4, 0.5) is 11.4 Å². The van der Waals surface area contributed by atoms with E-state index in [0.29, 0.717) is 11.4 Å². The van der Waals surface area contributed by atoms with Gasteiger partial charge in [-0.05, 0) is 42.2 Å². The number of pyridine rings is 1. The van der Waals surface area contributed by atoms with E-state index in [1.165, 1.54) is 6.20 Å². The largest absolute Gasteiger partial charge is 0.351 e. The third kappa shape index (κ3) is 5.55. The lowest BCUT2D eigenvalue weighted by atomic mass is 9.97. The maximum absolute atomic E-state index is 12.9. The number of nitrogens with one attached hydrogen (secondary N) is 3. The zero-order chi connectivity index (χ0) is 25.1. The molecule has 2 aliphatic heterocycles. The first kappa shape index (κ1) is 24.1. The number of aromatic nitrogens is 1. The predicted molar refractivity (Wildman–Crippen MR) is 127 cm³/mol. The summed E-state index contributed by atoms with van der Waals surface area (Å²) in [6, 6.07) is 9.32. The molecule has 5 amide bonds. The van der Waals surface area contributed by atoms with Gasteiger partial charge in [-0.1, -0.05) is 30.7 Å². The van der Waals surface area contributed by atoms with Crippen LogP contribution in [-0.4, -0.2) is 45.5 Å². The summed E-state index contributed by atoms with van der Waals surface area (Å²) in [6.45, 7) is 1.90. The molecule has 0 radical (unpaired) electrons. The molecule has 180 valence electrons. The minimum Gasteiger partial charge on any atom is -0.351 e. The molecule has 1 aromatic heterocycles. The van der Waals surface area contributed by atoms with Gasteiger partial charge in [-0.15, -0.1) is 0 Å². The van der Waals surface area contributed by atoms with Crippen LogP contribution in [0.15, 0.2) is 54.4 Å². The van der Waals surface area contributed by atoms with Crippen LogP contribution in [0.3, 0.4) is 0 Å². The third-order valence-electron chi connectivity index (χ3n) is 5.71. The van der Waals surface area contributed by atoms with Gasteiger partial charge in [0.15, 0.2) is 0 Å². The molecule has 2 atom stereocenters. The molecule has 10 nitrogen and oxygen atoms in total. The van der Waals surface area contributed by atoms with Crippen molar-refractivity contribution < 1.29 is 24.0 Å². The molecule has 2 aliphatic rings. The minimum absolute atomic E-state index is 0.0248. The highest BCUT2D eigenvalue weighted by Gasteiger charge is 2.42. The van der Waals surface area contributed by atoms with Crippen molar-refractivity contribution in [3.05, 3.63) is 65.1 Å². The first-order valence-corrected chi connectivity index (χ1v) is 11.3. The summed E-state index contributed by atoms with van der Waals surface area (Å²) in [6.07, 6.45) is 2.98. The van der Waals surface area contributed by atoms with Gasteiger partial charge in [0.05, 0.1) is 0 Å². The summed E-state index contributed by atoms with van der Waals surface area (Å²) < 4.78 is 0. The van der Waals surface area contributed by atoms with Gasteiger partial charge in [0.2, 0.25) is 17.7 Å². The van der Waals surface area contributed by atoms with E-state index in [2.05, 4.69) is 20.9 Å². The number of piperidine rings is 1. The quantitative estimate of drug-likeness (QED) is 0.396. The van der Waals surface area contributed by atoms with Crippen molar-refractivity contribution in [2.45, 2.75) is 38.1 Å². The average Bonchev–Trinajstić information content (AvgIpc) is 3.07. The van der Waals surface area contributed by atoms with Gasteiger partial charge in [0.1, 0.15) is 16.9 Å². The maximum Gasteiger partial charge on any atom is 0.278 e. The number of carbonyl (C=O) groups is 5. The van der Waals surface area contributed by atoms with Crippen LogP contribution in [0.5, 0.6) is 0 Å². The second kappa shape index (κ2) is 10.1. The summed E-state index contributed by atoms with van der Waals surface area (Å²) in [4.78, 5) is 66.0. The van der Waals surface area contributed by atoms with Gasteiger partial charge < -0.3 is 10.6 Å². The van der Waals surface area contributed by atoms with Crippen LogP contribution in [-0.2, 0) is 24.0 Å². The fraction of sp³-hybridized carbons (Fsp3) is 0.250. The van der Waals surface area contributed by atoms with E-state index in [4.69, 9.17) is 11.6 Å². The van der Waals surface area contributed by atoms with E-state index in [9.17, 15) is 24.0 Å². The molecule has 1 saturated heterocycles. The Bertz CT molecular complexity index is 1260. The summed E-state index contributed by atoms with van der Waals surface area (Å²) in [7, 11) is 0. The Morgan fingerprint density at radius 1 is 1.20 bits per heavy atom. The second-order valence-corrected chi connectivity index (χ2v) is 8.70. The van der Waals surface area contributed by atoms with E-state index in [-0.39, 0.29) is 41.9 Å². The number of hydrogen-bond acceptors (Lipinski definition) is 7. The van der Waals surface area contributed by atoms with Crippen molar-refractivity contribution >= 4 is 52.5 Å². The molecule has 2 unspecified atom stereocenters. The highest BCUT2D eigenvalue weighted by molar-refractivity contribution is 6.29. The molecule has 35 heavy (non-hydrogen) atoms. The monoisotopic (exact) mass is 495 g/mol. The van der Waals surface area contributed by atoms with Crippen LogP contribution in [0.25, 0.3) is 0 Å². The van der Waals surface area contributed by atoms with E-state index >= 15 is 0 Å². The van der Waals surface area contributed by atoms with Crippen molar-refractivity contribution in [3.8, 4) is 0 Å². The van der Waals surface area contributed by atoms with Crippen molar-refractivity contribution in [1.29, 1.82) is 0 Å². The lowest BCUT2D eigenvalue weighted by molar-refractivity contribution is -0.149. The topological polar surface area (TPSA) is 138 Å². The lowest BCUT2D eigenvalue weighted by Crippen LogP contribution is -2.54. The standard InChI is InChI=1S/C24H22ClN5O5/c1-13(9-21(32)28-16-7-8-26-19(25)11-16)14-3-2-4-15(10-14)27-17-12-22(33)30(24(17)35)18-5-6-20(31)29-23(18)34/h2-4,7-8,10-13,18,27H,5-6,9H2,1H3,(H,26,28,32)(H,29,31,34). The molecule has 0 saturated carbocycles. The predicted octanol–water partition coefficient (Wildman–Crippen LogP) is 2.34. The third-order valence-corrected chi connectivity index (χ3v) is 5.92. The maximum atomic E-state index is 12.9. The molecule has 2 aromatic rings. The zero-order valence-electron chi connectivity index (χ0n) is 18.7. The number of imide groups is 2. The number of nitrogens with zero attached hydrogens (tertiary/aromatic N) is 2. The van der Waals surface area contributed by atoms with E-state index in [1.54, 1.807) is 30.3 Å². The van der Waals surface area contributed by atoms with Gasteiger partial charge >= 0.3 is 0 Å². The van der Waals surface area contributed by atoms with Gasteiger partial charge in [-0.2, -0.15) is 0 Å². The Morgan fingerprint density at radius 2 is 2.00 bits per heavy atom. The minimum atomic E-state index is -1.02. The normalized spacial score (nSPS) is 18.7. The Kier molecular flexibility index (Phi) is 6.92. The Morgan fingerprint density at radius 3 is 2.74 bits per heavy atom. The van der Waals surface area contributed by atoms with Gasteiger partial charge in [-0.3, -0.25) is 34.2 Å². The van der Waals surface area contributed by atoms with Gasteiger partial charge in [-0.25, -0.2) is 4.98 Å². The van der Waals surface area contributed by atoms with E-state index in [1.807, 2.05) is 13.0 Å². The van der Waals surface area contributed by atoms with Crippen molar-refractivity contribution in [2.75, 3.05) is 10.6 Å². The Hall–Kier alpha value is -4.05. The Labute approximate surface area is 205 Å². The highest BCUT2D eigenvalue weighted by Crippen LogP contribution is 2.26. The number of halogens is 1. The number of benzene rings is 1. The zero-order valence-corrected chi connectivity index (χ0v) is 19.5. The smallest absolute Gasteiger partial charge is 0.278 e. The summed E-state index contributed by atoms with van der Waals surface area (Å²) in [5.74, 6) is -2.70. The molecule has 1 fully saturated rings. The van der Waals surface area contributed by atoms with Crippen molar-refractivity contribution in [1.82, 2.24) is 15.2 Å². The van der Waals surface area contributed by atoms with Gasteiger partial charge in [0.25, 0.3) is 11.8 Å². The number of hydrogen-bond donors (Lipinski definition) is 3. The van der Waals surface area contributed by atoms with Crippen LogP contribution in [0, 0.1) is 0 Å². The number of rotatable bonds is 7. The number of carbonyl (C=O) groups excluding carboxylic acids is 5. The molecule has 4 rings (SSSR count). The SMILES string of the molecule is CC(CC(=O)Nc1ccnc(Cl)c1)c1cccc(NC2=CC(=O)N(C3CCC(=O)NC3=O)C2=O)c1. The van der Waals surface area contributed by atoms with Crippen LogP contribution < -0.4 is 16.0 Å². The molecule has 1 aromatic carbocycles. The van der Waals surface area contributed by atoms with E-state index < -0.39 is 29.7 Å². The fourth-order valence-corrected chi connectivity index (χ4v) is 4.14. The number of anilines is 2. The van der Waals surface area contributed by atoms with Crippen LogP contribution in [0.1, 0.15) is 37.7 Å². The molecule has 11 heteroatoms. The average molecular weight is 496 g/mol. The van der Waals surface area contributed by atoms with E-state index in [0.717, 1.165) is 16.5 Å². The van der Waals surface area contributed by atoms with Gasteiger partial charge in [0, 0.05) is 36.5 Å². The molecule has 3 N–H and O–H groups in total. The fourth-order valence-electron chi connectivity index (χ4n) is 3.96. The molecule has 0 aliphatic carbocycles. The number of amides is 5. The first-order valence-electron chi connectivity index (χ1n) is 10.9. The van der Waals surface area contributed by atoms with Crippen LogP contribution in [0.2, 0.25) is 5.15 Å². The summed E-state index contributed by atoms with van der Waals surface area (Å²) in [5, 5.41) is 8.15. The summed E-state index contributed by atoms with van der Waals surface area (Å²) in [5.41, 5.74) is 1.97. The van der Waals surface area contributed by atoms with Crippen molar-refractivity contribution in [3.63, 3.8) is 0 Å². The molecule has 0 bridgehead atoms. The first-order chi connectivity index (χ1) is 16.7. The lowest BCUT2D eigenvalue weighted by Gasteiger charge is -2.28. The molecule has 3 heterocycles. The Balaban J connectivity index is 1.40. The molecular formula is C24H22ClN5O5. The second-order valence-electron chi connectivity index (χ2n) is 8.31. The highest BCUT2D eigenvalue weighted by atomic mass is 35.5. The molecular weight excluding hydrogens is 474 g/mol. The molecule has 0 spiro atoms.